The summed E-state index contributed by atoms with van der Waals surface area (Å²) in [5, 5.41) is 9.83. The van der Waals surface area contributed by atoms with E-state index < -0.39 is 11.4 Å². The van der Waals surface area contributed by atoms with Gasteiger partial charge in [0.05, 0.1) is 5.41 Å². The van der Waals surface area contributed by atoms with Gasteiger partial charge in [0.2, 0.25) is 0 Å². The lowest BCUT2D eigenvalue weighted by atomic mass is 9.46. The van der Waals surface area contributed by atoms with Crippen LogP contribution in [-0.4, -0.2) is 11.1 Å². The van der Waals surface area contributed by atoms with Gasteiger partial charge in [0.25, 0.3) is 0 Å². The fraction of sp³-hybridized carbons (Fsp3) is 0.632. The van der Waals surface area contributed by atoms with Gasteiger partial charge in [0, 0.05) is 0 Å². The standard InChI is InChI=1S/C19H26O2/c1-14(2)15-6-8-16(9-7-15)19(17(20)21)12-18(13-19)10-4-3-5-11-18/h6-9,14H,3-5,10-13H2,1-2H3,(H,20,21). The van der Waals surface area contributed by atoms with Crippen LogP contribution in [0.1, 0.15) is 75.8 Å². The number of carboxylic acids is 1. The van der Waals surface area contributed by atoms with E-state index in [2.05, 4.69) is 38.1 Å². The van der Waals surface area contributed by atoms with Gasteiger partial charge in [-0.15, -0.1) is 0 Å². The van der Waals surface area contributed by atoms with Crippen LogP contribution in [0.25, 0.3) is 0 Å². The third-order valence-electron chi connectivity index (χ3n) is 5.81. The van der Waals surface area contributed by atoms with Crippen LogP contribution in [0.4, 0.5) is 0 Å². The van der Waals surface area contributed by atoms with Crippen molar-refractivity contribution < 1.29 is 9.90 Å². The fourth-order valence-electron chi connectivity index (χ4n) is 4.55. The predicted molar refractivity (Wildman–Crippen MR) is 84.6 cm³/mol. The first-order valence-electron chi connectivity index (χ1n) is 8.31. The van der Waals surface area contributed by atoms with E-state index in [4.69, 9.17) is 0 Å². The van der Waals surface area contributed by atoms with Crippen LogP contribution in [0.2, 0.25) is 0 Å². The second-order valence-corrected chi connectivity index (χ2v) is 7.58. The van der Waals surface area contributed by atoms with E-state index in [-0.39, 0.29) is 0 Å². The first kappa shape index (κ1) is 14.6. The van der Waals surface area contributed by atoms with Gasteiger partial charge >= 0.3 is 5.97 Å². The molecule has 0 radical (unpaired) electrons. The summed E-state index contributed by atoms with van der Waals surface area (Å²) in [6.45, 7) is 4.34. The van der Waals surface area contributed by atoms with Gasteiger partial charge in [0.1, 0.15) is 0 Å². The highest BCUT2D eigenvalue weighted by molar-refractivity contribution is 5.83. The van der Waals surface area contributed by atoms with E-state index in [0.29, 0.717) is 11.3 Å². The Morgan fingerprint density at radius 1 is 1.05 bits per heavy atom. The number of rotatable bonds is 3. The molecule has 2 nitrogen and oxygen atoms in total. The van der Waals surface area contributed by atoms with Crippen LogP contribution >= 0.6 is 0 Å². The summed E-state index contributed by atoms with van der Waals surface area (Å²) in [6.07, 6.45) is 8.03. The highest BCUT2D eigenvalue weighted by atomic mass is 16.4. The van der Waals surface area contributed by atoms with Crippen molar-refractivity contribution >= 4 is 5.97 Å². The molecule has 114 valence electrons. The van der Waals surface area contributed by atoms with Crippen molar-refractivity contribution in [2.75, 3.05) is 0 Å². The number of hydrogen-bond acceptors (Lipinski definition) is 1. The summed E-state index contributed by atoms with van der Waals surface area (Å²) in [5.41, 5.74) is 2.00. The van der Waals surface area contributed by atoms with E-state index in [1.165, 1.54) is 37.7 Å². The van der Waals surface area contributed by atoms with Crippen LogP contribution < -0.4 is 0 Å². The molecule has 2 aliphatic rings. The highest BCUT2D eigenvalue weighted by Gasteiger charge is 2.59. The second kappa shape index (κ2) is 5.15. The normalized spacial score (nSPS) is 23.0. The molecule has 1 aromatic carbocycles. The smallest absolute Gasteiger partial charge is 0.314 e. The van der Waals surface area contributed by atoms with Crippen molar-refractivity contribution in [3.8, 4) is 0 Å². The zero-order chi connectivity index (χ0) is 15.1. The van der Waals surface area contributed by atoms with Crippen LogP contribution in [-0.2, 0) is 10.2 Å². The van der Waals surface area contributed by atoms with Crippen LogP contribution in [0, 0.1) is 5.41 Å². The first-order valence-corrected chi connectivity index (χ1v) is 8.31. The molecule has 1 spiro atoms. The lowest BCUT2D eigenvalue weighted by molar-refractivity contribution is -0.156. The number of aliphatic carboxylic acids is 1. The Balaban J connectivity index is 1.84. The summed E-state index contributed by atoms with van der Waals surface area (Å²) >= 11 is 0. The van der Waals surface area contributed by atoms with Crippen molar-refractivity contribution in [2.45, 2.75) is 70.1 Å². The molecule has 0 heterocycles. The predicted octanol–water partition coefficient (Wildman–Crippen LogP) is 4.88. The minimum atomic E-state index is -0.629. The zero-order valence-electron chi connectivity index (χ0n) is 13.2. The van der Waals surface area contributed by atoms with E-state index in [1.807, 2.05) is 0 Å². The van der Waals surface area contributed by atoms with Crippen molar-refractivity contribution in [3.63, 3.8) is 0 Å². The van der Waals surface area contributed by atoms with Gasteiger partial charge in [-0.25, -0.2) is 0 Å². The van der Waals surface area contributed by atoms with Gasteiger partial charge < -0.3 is 5.11 Å². The van der Waals surface area contributed by atoms with Crippen molar-refractivity contribution in [3.05, 3.63) is 35.4 Å². The van der Waals surface area contributed by atoms with E-state index in [9.17, 15) is 9.90 Å². The molecule has 2 saturated carbocycles. The molecule has 0 aromatic heterocycles. The van der Waals surface area contributed by atoms with Gasteiger partial charge in [-0.2, -0.15) is 0 Å². The average Bonchev–Trinajstić information content (AvgIpc) is 2.45. The van der Waals surface area contributed by atoms with Crippen molar-refractivity contribution in [1.82, 2.24) is 0 Å². The maximum absolute atomic E-state index is 11.9. The maximum atomic E-state index is 11.9. The van der Waals surface area contributed by atoms with Gasteiger partial charge in [-0.3, -0.25) is 4.79 Å². The Kier molecular flexibility index (Phi) is 3.59. The van der Waals surface area contributed by atoms with Crippen LogP contribution in [0.15, 0.2) is 24.3 Å². The monoisotopic (exact) mass is 286 g/mol. The molecule has 2 heteroatoms. The summed E-state index contributed by atoms with van der Waals surface area (Å²) in [6, 6.07) is 8.32. The molecule has 0 atom stereocenters. The number of carboxylic acid groups (broad SMARTS) is 1. The summed E-state index contributed by atoms with van der Waals surface area (Å²) in [5.74, 6) is -0.137. The van der Waals surface area contributed by atoms with Crippen molar-refractivity contribution in [1.29, 1.82) is 0 Å². The molecule has 0 saturated heterocycles. The molecule has 0 bridgehead atoms. The first-order chi connectivity index (χ1) is 9.97. The van der Waals surface area contributed by atoms with Crippen molar-refractivity contribution in [2.24, 2.45) is 5.41 Å². The molecule has 3 rings (SSSR count). The molecule has 0 aliphatic heterocycles. The largest absolute Gasteiger partial charge is 0.481 e. The molecule has 2 fully saturated rings. The number of benzene rings is 1. The van der Waals surface area contributed by atoms with Crippen LogP contribution in [0.3, 0.4) is 0 Å². The third kappa shape index (κ3) is 2.39. The molecule has 1 aromatic rings. The topological polar surface area (TPSA) is 37.3 Å². The Bertz CT molecular complexity index is 513. The molecule has 0 unspecified atom stereocenters. The van der Waals surface area contributed by atoms with Gasteiger partial charge in [0.15, 0.2) is 0 Å². The average molecular weight is 286 g/mol. The number of hydrogen-bond donors (Lipinski definition) is 1. The Labute approximate surface area is 127 Å². The Morgan fingerprint density at radius 3 is 2.10 bits per heavy atom. The second-order valence-electron chi connectivity index (χ2n) is 7.58. The summed E-state index contributed by atoms with van der Waals surface area (Å²) in [4.78, 5) is 11.9. The minimum Gasteiger partial charge on any atom is -0.481 e. The molecule has 0 amide bonds. The minimum absolute atomic E-state index is 0.327. The molecular formula is C19H26O2. The maximum Gasteiger partial charge on any atom is 0.314 e. The third-order valence-corrected chi connectivity index (χ3v) is 5.81. The lowest BCUT2D eigenvalue weighted by Gasteiger charge is -2.56. The number of carbonyl (C=O) groups is 1. The Hall–Kier alpha value is -1.31. The SMILES string of the molecule is CC(C)c1ccc(C2(C(=O)O)CC3(CCCCC3)C2)cc1. The van der Waals surface area contributed by atoms with Gasteiger partial charge in [-0.05, 0) is 48.1 Å². The fourth-order valence-corrected chi connectivity index (χ4v) is 4.55. The quantitative estimate of drug-likeness (QED) is 0.860. The molecule has 2 aliphatic carbocycles. The van der Waals surface area contributed by atoms with E-state index >= 15 is 0 Å². The summed E-state index contributed by atoms with van der Waals surface area (Å²) < 4.78 is 0. The van der Waals surface area contributed by atoms with Gasteiger partial charge in [-0.1, -0.05) is 57.4 Å². The zero-order valence-corrected chi connectivity index (χ0v) is 13.2. The van der Waals surface area contributed by atoms with E-state index in [0.717, 1.165) is 18.4 Å². The molecule has 1 N–H and O–H groups in total. The highest BCUT2D eigenvalue weighted by Crippen LogP contribution is 2.62. The lowest BCUT2D eigenvalue weighted by Crippen LogP contribution is -2.55. The molecular weight excluding hydrogens is 260 g/mol. The van der Waals surface area contributed by atoms with Crippen LogP contribution in [0.5, 0.6) is 0 Å². The summed E-state index contributed by atoms with van der Waals surface area (Å²) in [7, 11) is 0. The van der Waals surface area contributed by atoms with E-state index in [1.54, 1.807) is 0 Å². The Morgan fingerprint density at radius 2 is 1.62 bits per heavy atom. The molecule has 21 heavy (non-hydrogen) atoms.